The fourth-order valence-electron chi connectivity index (χ4n) is 2.32. The Kier molecular flexibility index (Phi) is 4.27. The number of nitrogens with one attached hydrogen (secondary N) is 1. The molecular weight excluding hydrogens is 246 g/mol. The highest BCUT2D eigenvalue weighted by Gasteiger charge is 2.40. The number of hydrogen-bond donors (Lipinski definition) is 2. The molecule has 1 aliphatic heterocycles. The maximum Gasteiger partial charge on any atom is 0.324 e. The number of carboxylic acids is 1. The van der Waals surface area contributed by atoms with Gasteiger partial charge in [0.1, 0.15) is 17.0 Å². The largest absolute Gasteiger partial charge is 0.497 e. The van der Waals surface area contributed by atoms with Gasteiger partial charge in [-0.05, 0) is 43.7 Å². The summed E-state index contributed by atoms with van der Waals surface area (Å²) in [6, 6.07) is 7.26. The smallest absolute Gasteiger partial charge is 0.324 e. The molecular formula is C14H19NO4. The minimum absolute atomic E-state index is 0.381. The van der Waals surface area contributed by atoms with Crippen molar-refractivity contribution in [2.45, 2.75) is 24.8 Å². The third-order valence-corrected chi connectivity index (χ3v) is 3.51. The number of aliphatic carboxylic acids is 1. The molecule has 0 spiro atoms. The molecule has 1 aliphatic rings. The quantitative estimate of drug-likeness (QED) is 0.819. The average molecular weight is 265 g/mol. The van der Waals surface area contributed by atoms with Gasteiger partial charge in [0.05, 0.1) is 13.7 Å². The van der Waals surface area contributed by atoms with Crippen LogP contribution in [0.3, 0.4) is 0 Å². The number of benzene rings is 1. The first-order chi connectivity index (χ1) is 9.16. The van der Waals surface area contributed by atoms with E-state index in [2.05, 4.69) is 5.32 Å². The van der Waals surface area contributed by atoms with Crippen LogP contribution in [-0.2, 0) is 4.79 Å². The van der Waals surface area contributed by atoms with Crippen molar-refractivity contribution in [1.29, 1.82) is 0 Å². The lowest BCUT2D eigenvalue weighted by atomic mass is 9.94. The summed E-state index contributed by atoms with van der Waals surface area (Å²) in [6.07, 6.45) is 2.03. The van der Waals surface area contributed by atoms with Gasteiger partial charge < -0.3 is 19.9 Å². The Morgan fingerprint density at radius 2 is 2.05 bits per heavy atom. The summed E-state index contributed by atoms with van der Waals surface area (Å²) in [4.78, 5) is 11.3. The highest BCUT2D eigenvalue weighted by Crippen LogP contribution is 2.24. The van der Waals surface area contributed by atoms with Crippen molar-refractivity contribution in [1.82, 2.24) is 5.32 Å². The Bertz CT molecular complexity index is 424. The van der Waals surface area contributed by atoms with Crippen molar-refractivity contribution >= 4 is 5.97 Å². The van der Waals surface area contributed by atoms with E-state index in [-0.39, 0.29) is 0 Å². The van der Waals surface area contributed by atoms with E-state index in [0.717, 1.165) is 24.5 Å². The van der Waals surface area contributed by atoms with Crippen molar-refractivity contribution in [3.63, 3.8) is 0 Å². The Balaban J connectivity index is 1.86. The summed E-state index contributed by atoms with van der Waals surface area (Å²) in [5, 5.41) is 12.4. The summed E-state index contributed by atoms with van der Waals surface area (Å²) >= 11 is 0. The van der Waals surface area contributed by atoms with Gasteiger partial charge in [0, 0.05) is 6.42 Å². The van der Waals surface area contributed by atoms with E-state index in [4.69, 9.17) is 9.47 Å². The minimum Gasteiger partial charge on any atom is -0.497 e. The van der Waals surface area contributed by atoms with E-state index < -0.39 is 11.5 Å². The van der Waals surface area contributed by atoms with Gasteiger partial charge in [0.15, 0.2) is 0 Å². The van der Waals surface area contributed by atoms with Gasteiger partial charge in [0.25, 0.3) is 0 Å². The minimum atomic E-state index is -0.813. The van der Waals surface area contributed by atoms with E-state index in [1.807, 2.05) is 24.3 Å². The fourth-order valence-corrected chi connectivity index (χ4v) is 2.32. The van der Waals surface area contributed by atoms with Gasteiger partial charge in [-0.1, -0.05) is 0 Å². The molecule has 2 N–H and O–H groups in total. The first-order valence-electron chi connectivity index (χ1n) is 6.41. The number of rotatable bonds is 6. The molecule has 1 fully saturated rings. The van der Waals surface area contributed by atoms with Gasteiger partial charge >= 0.3 is 5.97 Å². The zero-order valence-corrected chi connectivity index (χ0v) is 11.0. The number of carbonyl (C=O) groups is 1. The average Bonchev–Trinajstić information content (AvgIpc) is 2.90. The predicted octanol–water partition coefficient (Wildman–Crippen LogP) is 1.67. The molecule has 0 aromatic heterocycles. The Morgan fingerprint density at radius 1 is 1.37 bits per heavy atom. The summed E-state index contributed by atoms with van der Waals surface area (Å²) in [5.74, 6) is 0.703. The van der Waals surface area contributed by atoms with E-state index >= 15 is 0 Å². The molecule has 0 aliphatic carbocycles. The molecule has 1 unspecified atom stereocenters. The number of methoxy groups -OCH3 is 1. The Labute approximate surface area is 112 Å². The zero-order valence-electron chi connectivity index (χ0n) is 11.0. The molecule has 19 heavy (non-hydrogen) atoms. The topological polar surface area (TPSA) is 67.8 Å². The molecule has 0 saturated carbocycles. The highest BCUT2D eigenvalue weighted by atomic mass is 16.5. The van der Waals surface area contributed by atoms with Crippen LogP contribution in [0.4, 0.5) is 0 Å². The van der Waals surface area contributed by atoms with Crippen LogP contribution in [0.5, 0.6) is 11.5 Å². The third-order valence-electron chi connectivity index (χ3n) is 3.51. The molecule has 0 bridgehead atoms. The number of hydrogen-bond acceptors (Lipinski definition) is 4. The molecule has 5 nitrogen and oxygen atoms in total. The predicted molar refractivity (Wildman–Crippen MR) is 70.7 cm³/mol. The number of carboxylic acid groups (broad SMARTS) is 1. The summed E-state index contributed by atoms with van der Waals surface area (Å²) in [7, 11) is 1.61. The molecule has 1 saturated heterocycles. The molecule has 2 rings (SSSR count). The summed E-state index contributed by atoms with van der Waals surface area (Å²) < 4.78 is 10.6. The van der Waals surface area contributed by atoms with Gasteiger partial charge in [-0.3, -0.25) is 4.79 Å². The second-order valence-electron chi connectivity index (χ2n) is 4.69. The SMILES string of the molecule is COc1ccc(OCCC2(C(=O)O)CCCN2)cc1. The molecule has 0 amide bonds. The second-order valence-corrected chi connectivity index (χ2v) is 4.69. The molecule has 0 radical (unpaired) electrons. The molecule has 1 aromatic rings. The lowest BCUT2D eigenvalue weighted by Crippen LogP contribution is -2.48. The summed E-state index contributed by atoms with van der Waals surface area (Å²) in [5.41, 5.74) is -0.813. The summed E-state index contributed by atoms with van der Waals surface area (Å²) in [6.45, 7) is 1.14. The molecule has 5 heteroatoms. The van der Waals surface area contributed by atoms with E-state index in [0.29, 0.717) is 19.4 Å². The van der Waals surface area contributed by atoms with Gasteiger partial charge in [0.2, 0.25) is 0 Å². The molecule has 1 heterocycles. The van der Waals surface area contributed by atoms with Crippen molar-refractivity contribution in [2.24, 2.45) is 0 Å². The Morgan fingerprint density at radius 3 is 2.58 bits per heavy atom. The van der Waals surface area contributed by atoms with Crippen LogP contribution in [0.15, 0.2) is 24.3 Å². The first-order valence-corrected chi connectivity index (χ1v) is 6.41. The van der Waals surface area contributed by atoms with Crippen LogP contribution >= 0.6 is 0 Å². The second kappa shape index (κ2) is 5.93. The fraction of sp³-hybridized carbons (Fsp3) is 0.500. The van der Waals surface area contributed by atoms with E-state index in [9.17, 15) is 9.90 Å². The number of ether oxygens (including phenoxy) is 2. The Hall–Kier alpha value is -1.75. The standard InChI is InChI=1S/C14H19NO4/c1-18-11-3-5-12(6-4-11)19-10-8-14(13(16)17)7-2-9-15-14/h3-6,15H,2,7-10H2,1H3,(H,16,17). The first kappa shape index (κ1) is 13.7. The monoisotopic (exact) mass is 265 g/mol. The van der Waals surface area contributed by atoms with Crippen LogP contribution in [0, 0.1) is 0 Å². The molecule has 1 aromatic carbocycles. The zero-order chi connectivity index (χ0) is 13.7. The van der Waals surface area contributed by atoms with Crippen LogP contribution in [0.2, 0.25) is 0 Å². The van der Waals surface area contributed by atoms with Crippen LogP contribution in [0.25, 0.3) is 0 Å². The highest BCUT2D eigenvalue weighted by molar-refractivity contribution is 5.79. The van der Waals surface area contributed by atoms with Crippen molar-refractivity contribution < 1.29 is 19.4 Å². The van der Waals surface area contributed by atoms with E-state index in [1.54, 1.807) is 7.11 Å². The van der Waals surface area contributed by atoms with Crippen LogP contribution < -0.4 is 14.8 Å². The van der Waals surface area contributed by atoms with Crippen LogP contribution in [0.1, 0.15) is 19.3 Å². The molecule has 104 valence electrons. The third kappa shape index (κ3) is 3.17. The van der Waals surface area contributed by atoms with Crippen LogP contribution in [-0.4, -0.2) is 36.9 Å². The van der Waals surface area contributed by atoms with Gasteiger partial charge in [-0.15, -0.1) is 0 Å². The van der Waals surface area contributed by atoms with Crippen molar-refractivity contribution in [3.05, 3.63) is 24.3 Å². The van der Waals surface area contributed by atoms with Crippen molar-refractivity contribution in [3.8, 4) is 11.5 Å². The normalized spacial score (nSPS) is 22.2. The van der Waals surface area contributed by atoms with Gasteiger partial charge in [-0.25, -0.2) is 0 Å². The molecule has 1 atom stereocenters. The maximum atomic E-state index is 11.3. The van der Waals surface area contributed by atoms with Gasteiger partial charge in [-0.2, -0.15) is 0 Å². The van der Waals surface area contributed by atoms with E-state index in [1.165, 1.54) is 0 Å². The van der Waals surface area contributed by atoms with Crippen molar-refractivity contribution in [2.75, 3.05) is 20.3 Å². The lowest BCUT2D eigenvalue weighted by molar-refractivity contribution is -0.144. The lowest BCUT2D eigenvalue weighted by Gasteiger charge is -2.24. The maximum absolute atomic E-state index is 11.3.